The predicted molar refractivity (Wildman–Crippen MR) is 137 cm³/mol. The second-order valence-electron chi connectivity index (χ2n) is 8.72. The molecule has 1 heterocycles. The van der Waals surface area contributed by atoms with E-state index in [0.29, 0.717) is 17.1 Å². The number of rotatable bonds is 7. The van der Waals surface area contributed by atoms with Crippen molar-refractivity contribution in [2.24, 2.45) is 0 Å². The van der Waals surface area contributed by atoms with E-state index in [1.807, 2.05) is 66.4 Å². The van der Waals surface area contributed by atoms with Crippen molar-refractivity contribution in [2.75, 3.05) is 32.2 Å². The Balaban J connectivity index is 1.57. The van der Waals surface area contributed by atoms with E-state index in [1.54, 1.807) is 14.2 Å². The van der Waals surface area contributed by atoms with Gasteiger partial charge in [0.05, 0.1) is 14.2 Å². The molecule has 0 aromatic heterocycles. The number of piperidine rings is 1. The number of aryl methyl sites for hydroxylation is 1. The standard InChI is InChI=1S/C28H31ClN2O3/c1-20-5-4-6-22(17-20)28(32)31(25-11-12-26(33-2)27(18-25)34-3)24-13-15-30(16-14-24)19-21-7-9-23(29)10-8-21/h4-12,17-18,24H,13-16,19H2,1-3H3. The van der Waals surface area contributed by atoms with Gasteiger partial charge in [0.25, 0.3) is 5.91 Å². The Kier molecular flexibility index (Phi) is 7.76. The third-order valence-corrected chi connectivity index (χ3v) is 6.62. The first-order valence-corrected chi connectivity index (χ1v) is 12.0. The van der Waals surface area contributed by atoms with Crippen molar-refractivity contribution in [1.82, 2.24) is 4.90 Å². The fourth-order valence-electron chi connectivity index (χ4n) is 4.57. The summed E-state index contributed by atoms with van der Waals surface area (Å²) in [4.78, 5) is 18.2. The molecule has 1 saturated heterocycles. The van der Waals surface area contributed by atoms with Crippen molar-refractivity contribution in [3.05, 3.63) is 88.4 Å². The molecule has 0 radical (unpaired) electrons. The Morgan fingerprint density at radius 3 is 2.32 bits per heavy atom. The van der Waals surface area contributed by atoms with Gasteiger partial charge in [0.2, 0.25) is 0 Å². The van der Waals surface area contributed by atoms with E-state index < -0.39 is 0 Å². The Bertz CT molecular complexity index is 1120. The summed E-state index contributed by atoms with van der Waals surface area (Å²) in [6, 6.07) is 21.6. The van der Waals surface area contributed by atoms with Crippen LogP contribution in [-0.4, -0.2) is 44.2 Å². The summed E-state index contributed by atoms with van der Waals surface area (Å²) in [5.74, 6) is 1.27. The van der Waals surface area contributed by atoms with Gasteiger partial charge in [-0.25, -0.2) is 0 Å². The maximum absolute atomic E-state index is 13.8. The van der Waals surface area contributed by atoms with Crippen LogP contribution in [0.15, 0.2) is 66.7 Å². The Labute approximate surface area is 206 Å². The average Bonchev–Trinajstić information content (AvgIpc) is 2.86. The molecule has 1 fully saturated rings. The molecule has 1 aliphatic rings. The number of amides is 1. The van der Waals surface area contributed by atoms with Crippen LogP contribution in [0.5, 0.6) is 11.5 Å². The number of likely N-dealkylation sites (tertiary alicyclic amines) is 1. The van der Waals surface area contributed by atoms with Crippen LogP contribution in [0, 0.1) is 6.92 Å². The molecule has 3 aromatic rings. The first-order valence-electron chi connectivity index (χ1n) is 11.6. The van der Waals surface area contributed by atoms with Gasteiger partial charge in [-0.15, -0.1) is 0 Å². The normalized spacial score (nSPS) is 14.6. The minimum atomic E-state index is 0.00655. The summed E-state index contributed by atoms with van der Waals surface area (Å²) in [5.41, 5.74) is 3.82. The van der Waals surface area contributed by atoms with Crippen molar-refractivity contribution in [2.45, 2.75) is 32.4 Å². The minimum Gasteiger partial charge on any atom is -0.493 e. The van der Waals surface area contributed by atoms with Crippen molar-refractivity contribution >= 4 is 23.2 Å². The smallest absolute Gasteiger partial charge is 0.258 e. The first-order chi connectivity index (χ1) is 16.5. The molecule has 0 saturated carbocycles. The highest BCUT2D eigenvalue weighted by atomic mass is 35.5. The fraction of sp³-hybridized carbons (Fsp3) is 0.321. The van der Waals surface area contributed by atoms with Crippen molar-refractivity contribution in [1.29, 1.82) is 0 Å². The molecular formula is C28H31ClN2O3. The van der Waals surface area contributed by atoms with Crippen molar-refractivity contribution < 1.29 is 14.3 Å². The van der Waals surface area contributed by atoms with E-state index in [1.165, 1.54) is 5.56 Å². The predicted octanol–water partition coefficient (Wildman–Crippen LogP) is 5.98. The van der Waals surface area contributed by atoms with Gasteiger partial charge in [-0.05, 0) is 61.7 Å². The van der Waals surface area contributed by atoms with E-state index >= 15 is 0 Å². The highest BCUT2D eigenvalue weighted by Crippen LogP contribution is 2.34. The maximum atomic E-state index is 13.8. The largest absolute Gasteiger partial charge is 0.493 e. The van der Waals surface area contributed by atoms with Gasteiger partial charge in [-0.3, -0.25) is 9.69 Å². The second-order valence-corrected chi connectivity index (χ2v) is 9.15. The number of hydrogen-bond acceptors (Lipinski definition) is 4. The number of hydrogen-bond donors (Lipinski definition) is 0. The Morgan fingerprint density at radius 1 is 0.971 bits per heavy atom. The highest BCUT2D eigenvalue weighted by Gasteiger charge is 2.30. The number of methoxy groups -OCH3 is 2. The average molecular weight is 479 g/mol. The molecule has 4 rings (SSSR count). The second kappa shape index (κ2) is 10.9. The molecule has 5 nitrogen and oxygen atoms in total. The molecule has 178 valence electrons. The third-order valence-electron chi connectivity index (χ3n) is 6.37. The summed E-state index contributed by atoms with van der Waals surface area (Å²) < 4.78 is 10.9. The van der Waals surface area contributed by atoms with E-state index in [4.69, 9.17) is 21.1 Å². The van der Waals surface area contributed by atoms with E-state index in [9.17, 15) is 4.79 Å². The summed E-state index contributed by atoms with van der Waals surface area (Å²) in [6.07, 6.45) is 1.78. The lowest BCUT2D eigenvalue weighted by Crippen LogP contribution is -2.47. The number of halogens is 1. The lowest BCUT2D eigenvalue weighted by molar-refractivity contribution is 0.0958. The summed E-state index contributed by atoms with van der Waals surface area (Å²) >= 11 is 6.03. The van der Waals surface area contributed by atoms with Crippen LogP contribution >= 0.6 is 11.6 Å². The lowest BCUT2D eigenvalue weighted by atomic mass is 9.99. The van der Waals surface area contributed by atoms with Crippen LogP contribution in [-0.2, 0) is 6.54 Å². The molecule has 1 amide bonds. The molecule has 34 heavy (non-hydrogen) atoms. The number of carbonyl (C=O) groups excluding carboxylic acids is 1. The van der Waals surface area contributed by atoms with Gasteiger partial charge in [-0.2, -0.15) is 0 Å². The zero-order valence-electron chi connectivity index (χ0n) is 20.0. The Hall–Kier alpha value is -3.02. The monoisotopic (exact) mass is 478 g/mol. The summed E-state index contributed by atoms with van der Waals surface area (Å²) in [5, 5.41) is 0.752. The molecular weight excluding hydrogens is 448 g/mol. The molecule has 6 heteroatoms. The van der Waals surface area contributed by atoms with E-state index in [-0.39, 0.29) is 11.9 Å². The summed E-state index contributed by atoms with van der Waals surface area (Å²) in [7, 11) is 3.23. The topological polar surface area (TPSA) is 42.0 Å². The van der Waals surface area contributed by atoms with Gasteiger partial charge in [0, 0.05) is 48.0 Å². The van der Waals surface area contributed by atoms with Gasteiger partial charge >= 0.3 is 0 Å². The van der Waals surface area contributed by atoms with Crippen LogP contribution in [0.3, 0.4) is 0 Å². The SMILES string of the molecule is COc1ccc(N(C(=O)c2cccc(C)c2)C2CCN(Cc3ccc(Cl)cc3)CC2)cc1OC. The number of anilines is 1. The number of carbonyl (C=O) groups is 1. The van der Waals surface area contributed by atoms with Gasteiger partial charge in [0.15, 0.2) is 11.5 Å². The maximum Gasteiger partial charge on any atom is 0.258 e. The van der Waals surface area contributed by atoms with Crippen LogP contribution in [0.25, 0.3) is 0 Å². The van der Waals surface area contributed by atoms with Crippen LogP contribution in [0.4, 0.5) is 5.69 Å². The molecule has 0 N–H and O–H groups in total. The van der Waals surface area contributed by atoms with Gasteiger partial charge in [-0.1, -0.05) is 41.4 Å². The Morgan fingerprint density at radius 2 is 1.68 bits per heavy atom. The van der Waals surface area contributed by atoms with E-state index in [0.717, 1.165) is 48.7 Å². The quantitative estimate of drug-likeness (QED) is 0.419. The van der Waals surface area contributed by atoms with Crippen LogP contribution in [0.2, 0.25) is 5.02 Å². The molecule has 3 aromatic carbocycles. The van der Waals surface area contributed by atoms with Gasteiger partial charge < -0.3 is 14.4 Å². The fourth-order valence-corrected chi connectivity index (χ4v) is 4.70. The lowest BCUT2D eigenvalue weighted by Gasteiger charge is -2.39. The number of nitrogens with zero attached hydrogens (tertiary/aromatic N) is 2. The molecule has 1 aliphatic heterocycles. The summed E-state index contributed by atoms with van der Waals surface area (Å²) in [6.45, 7) is 4.72. The molecule has 0 bridgehead atoms. The molecule has 0 atom stereocenters. The van der Waals surface area contributed by atoms with Crippen LogP contribution < -0.4 is 14.4 Å². The van der Waals surface area contributed by atoms with Gasteiger partial charge in [0.1, 0.15) is 0 Å². The van der Waals surface area contributed by atoms with Crippen molar-refractivity contribution in [3.63, 3.8) is 0 Å². The molecule has 0 spiro atoms. The number of benzene rings is 3. The van der Waals surface area contributed by atoms with E-state index in [2.05, 4.69) is 17.0 Å². The zero-order chi connectivity index (χ0) is 24.1. The molecule has 0 aliphatic carbocycles. The molecule has 0 unspecified atom stereocenters. The third kappa shape index (κ3) is 5.54. The zero-order valence-corrected chi connectivity index (χ0v) is 20.7. The number of ether oxygens (including phenoxy) is 2. The highest BCUT2D eigenvalue weighted by molar-refractivity contribution is 6.30. The van der Waals surface area contributed by atoms with Crippen LogP contribution in [0.1, 0.15) is 34.3 Å². The first kappa shape index (κ1) is 24.1. The van der Waals surface area contributed by atoms with Crippen molar-refractivity contribution in [3.8, 4) is 11.5 Å². The minimum absolute atomic E-state index is 0.00655.